The molecule has 3 N–H and O–H groups in total. The largest absolute Gasteiger partial charge is 0.495 e. The van der Waals surface area contributed by atoms with Crippen LogP contribution >= 0.6 is 0 Å². The summed E-state index contributed by atoms with van der Waals surface area (Å²) in [5.74, 6) is 0.882. The third-order valence-electron chi connectivity index (χ3n) is 3.89. The number of benzene rings is 1. The van der Waals surface area contributed by atoms with Gasteiger partial charge in [-0.3, -0.25) is 0 Å². The van der Waals surface area contributed by atoms with E-state index in [0.29, 0.717) is 0 Å². The Kier molecular flexibility index (Phi) is 6.29. The van der Waals surface area contributed by atoms with Crippen LogP contribution in [0.4, 0.5) is 5.69 Å². The van der Waals surface area contributed by atoms with Crippen LogP contribution in [0.1, 0.15) is 24.8 Å². The molecular weight excluding hydrogens is 268 g/mol. The van der Waals surface area contributed by atoms with Gasteiger partial charge in [0.1, 0.15) is 5.75 Å². The van der Waals surface area contributed by atoms with Gasteiger partial charge >= 0.3 is 0 Å². The first-order valence-corrected chi connectivity index (χ1v) is 7.66. The average Bonchev–Trinajstić information content (AvgIpc) is 2.52. The van der Waals surface area contributed by atoms with Gasteiger partial charge in [0.05, 0.1) is 18.9 Å². The van der Waals surface area contributed by atoms with Gasteiger partial charge in [0.2, 0.25) is 0 Å². The highest BCUT2D eigenvalue weighted by Gasteiger charge is 2.19. The number of ether oxygens (including phenoxy) is 1. The first-order chi connectivity index (χ1) is 10.2. The number of aliphatic hydroxyl groups is 2. The first kappa shape index (κ1) is 16.1. The number of nitrogens with one attached hydrogen (secondary N) is 1. The molecule has 118 valence electrons. The van der Waals surface area contributed by atoms with Crippen LogP contribution in [-0.4, -0.2) is 49.7 Å². The minimum Gasteiger partial charge on any atom is -0.495 e. The molecule has 1 aliphatic heterocycles. The number of nitrogens with zero attached hydrogens (tertiary/aromatic N) is 1. The average molecular weight is 294 g/mol. The Bertz CT molecular complexity index is 432. The fourth-order valence-corrected chi connectivity index (χ4v) is 2.64. The van der Waals surface area contributed by atoms with E-state index >= 15 is 0 Å². The molecule has 0 atom stereocenters. The fourth-order valence-electron chi connectivity index (χ4n) is 2.64. The summed E-state index contributed by atoms with van der Waals surface area (Å²) < 4.78 is 5.52. The molecule has 1 aromatic rings. The number of piperidine rings is 1. The van der Waals surface area contributed by atoms with E-state index in [-0.39, 0.29) is 12.7 Å². The van der Waals surface area contributed by atoms with Crippen molar-refractivity contribution >= 4 is 5.69 Å². The molecule has 0 saturated carbocycles. The molecule has 0 bridgehead atoms. The molecule has 0 unspecified atom stereocenters. The van der Waals surface area contributed by atoms with Crippen LogP contribution in [0.3, 0.4) is 0 Å². The molecule has 21 heavy (non-hydrogen) atoms. The number of methoxy groups -OCH3 is 1. The Hall–Kier alpha value is -1.30. The number of anilines is 1. The van der Waals surface area contributed by atoms with Crippen molar-refractivity contribution in [1.82, 2.24) is 5.32 Å². The topological polar surface area (TPSA) is 65.0 Å². The second-order valence-electron chi connectivity index (χ2n) is 5.48. The summed E-state index contributed by atoms with van der Waals surface area (Å²) in [4.78, 5) is 2.27. The molecule has 1 fully saturated rings. The highest BCUT2D eigenvalue weighted by molar-refractivity contribution is 5.60. The van der Waals surface area contributed by atoms with Gasteiger partial charge in [-0.15, -0.1) is 0 Å². The Labute approximate surface area is 126 Å². The van der Waals surface area contributed by atoms with Crippen molar-refractivity contribution in [2.75, 3.05) is 38.3 Å². The highest BCUT2D eigenvalue weighted by Crippen LogP contribution is 2.31. The molecule has 1 aromatic carbocycles. The van der Waals surface area contributed by atoms with Crippen LogP contribution in [0.15, 0.2) is 18.2 Å². The van der Waals surface area contributed by atoms with Crippen molar-refractivity contribution in [3.8, 4) is 5.75 Å². The van der Waals surface area contributed by atoms with E-state index < -0.39 is 0 Å². The van der Waals surface area contributed by atoms with Gasteiger partial charge in [0, 0.05) is 26.2 Å². The van der Waals surface area contributed by atoms with Crippen molar-refractivity contribution in [2.45, 2.75) is 31.9 Å². The van der Waals surface area contributed by atoms with Crippen LogP contribution < -0.4 is 15.0 Å². The maximum absolute atomic E-state index is 9.60. The third-order valence-corrected chi connectivity index (χ3v) is 3.89. The Morgan fingerprint density at radius 1 is 1.33 bits per heavy atom. The normalized spacial score (nSPS) is 16.2. The second-order valence-corrected chi connectivity index (χ2v) is 5.48. The molecule has 0 aromatic heterocycles. The molecule has 0 spiro atoms. The van der Waals surface area contributed by atoms with E-state index in [1.807, 2.05) is 0 Å². The minimum atomic E-state index is -0.165. The summed E-state index contributed by atoms with van der Waals surface area (Å²) in [6.07, 6.45) is 2.23. The number of aliphatic hydroxyl groups excluding tert-OH is 2. The maximum atomic E-state index is 9.60. The number of rotatable bonds is 7. The van der Waals surface area contributed by atoms with E-state index in [2.05, 4.69) is 28.4 Å². The molecule has 1 heterocycles. The lowest BCUT2D eigenvalue weighted by atomic mass is 10.1. The van der Waals surface area contributed by atoms with E-state index in [1.54, 1.807) is 7.11 Å². The van der Waals surface area contributed by atoms with E-state index in [4.69, 9.17) is 9.84 Å². The standard InChI is InChI=1S/C16H26N2O3/c1-21-16-11-13(12-17-7-2-10-19)3-4-15(16)18-8-5-14(20)6-9-18/h3-4,11,14,17,19-20H,2,5-10,12H2,1H3. The van der Waals surface area contributed by atoms with Gasteiger partial charge in [0.15, 0.2) is 0 Å². The predicted octanol–water partition coefficient (Wildman–Crippen LogP) is 1.13. The zero-order valence-electron chi connectivity index (χ0n) is 12.7. The highest BCUT2D eigenvalue weighted by atomic mass is 16.5. The van der Waals surface area contributed by atoms with Crippen molar-refractivity contribution < 1.29 is 14.9 Å². The van der Waals surface area contributed by atoms with Crippen LogP contribution in [0, 0.1) is 0 Å². The van der Waals surface area contributed by atoms with Crippen molar-refractivity contribution in [3.05, 3.63) is 23.8 Å². The first-order valence-electron chi connectivity index (χ1n) is 7.66. The SMILES string of the molecule is COc1cc(CNCCCO)ccc1N1CCC(O)CC1. The summed E-state index contributed by atoms with van der Waals surface area (Å²) in [5.41, 5.74) is 2.27. The smallest absolute Gasteiger partial charge is 0.142 e. The van der Waals surface area contributed by atoms with Crippen LogP contribution in [0.2, 0.25) is 0 Å². The summed E-state index contributed by atoms with van der Waals surface area (Å²) in [6, 6.07) is 6.26. The maximum Gasteiger partial charge on any atom is 0.142 e. The molecule has 1 saturated heterocycles. The summed E-state index contributed by atoms with van der Waals surface area (Å²) in [7, 11) is 1.70. The number of hydrogen-bond donors (Lipinski definition) is 3. The molecule has 5 nitrogen and oxygen atoms in total. The van der Waals surface area contributed by atoms with Gasteiger partial charge < -0.3 is 25.2 Å². The van der Waals surface area contributed by atoms with Crippen LogP contribution in [-0.2, 0) is 6.54 Å². The van der Waals surface area contributed by atoms with Crippen LogP contribution in [0.25, 0.3) is 0 Å². The molecule has 0 radical (unpaired) electrons. The molecular formula is C16H26N2O3. The Balaban J connectivity index is 1.99. The Morgan fingerprint density at radius 3 is 2.76 bits per heavy atom. The van der Waals surface area contributed by atoms with Crippen LogP contribution in [0.5, 0.6) is 5.75 Å². The quantitative estimate of drug-likeness (QED) is 0.658. The van der Waals surface area contributed by atoms with Gasteiger partial charge in [0.25, 0.3) is 0 Å². The number of hydrogen-bond acceptors (Lipinski definition) is 5. The summed E-state index contributed by atoms with van der Waals surface area (Å²) in [5, 5.41) is 21.7. The zero-order valence-corrected chi connectivity index (χ0v) is 12.7. The third kappa shape index (κ3) is 4.59. The lowest BCUT2D eigenvalue weighted by Gasteiger charge is -2.32. The Morgan fingerprint density at radius 2 is 2.10 bits per heavy atom. The van der Waals surface area contributed by atoms with E-state index in [9.17, 15) is 5.11 Å². The fraction of sp³-hybridized carbons (Fsp3) is 0.625. The molecule has 2 rings (SSSR count). The van der Waals surface area contributed by atoms with Gasteiger partial charge in [-0.1, -0.05) is 6.07 Å². The predicted molar refractivity (Wildman–Crippen MR) is 83.9 cm³/mol. The van der Waals surface area contributed by atoms with Crippen molar-refractivity contribution in [1.29, 1.82) is 0 Å². The van der Waals surface area contributed by atoms with E-state index in [0.717, 1.165) is 56.9 Å². The second kappa shape index (κ2) is 8.22. The molecule has 1 aliphatic rings. The minimum absolute atomic E-state index is 0.165. The van der Waals surface area contributed by atoms with Crippen molar-refractivity contribution in [3.63, 3.8) is 0 Å². The van der Waals surface area contributed by atoms with Gasteiger partial charge in [-0.05, 0) is 43.5 Å². The van der Waals surface area contributed by atoms with Crippen molar-refractivity contribution in [2.24, 2.45) is 0 Å². The molecule has 5 heteroatoms. The zero-order chi connectivity index (χ0) is 15.1. The summed E-state index contributed by atoms with van der Waals surface area (Å²) >= 11 is 0. The van der Waals surface area contributed by atoms with E-state index in [1.165, 1.54) is 5.56 Å². The van der Waals surface area contributed by atoms with Gasteiger partial charge in [-0.2, -0.15) is 0 Å². The molecule has 0 aliphatic carbocycles. The van der Waals surface area contributed by atoms with Gasteiger partial charge in [-0.25, -0.2) is 0 Å². The lowest BCUT2D eigenvalue weighted by Crippen LogP contribution is -2.36. The monoisotopic (exact) mass is 294 g/mol. The summed E-state index contributed by atoms with van der Waals surface area (Å²) in [6.45, 7) is 3.53. The lowest BCUT2D eigenvalue weighted by molar-refractivity contribution is 0.145. The molecule has 0 amide bonds.